The Hall–Kier alpha value is -2.86. The van der Waals surface area contributed by atoms with E-state index < -0.39 is 55.0 Å². The van der Waals surface area contributed by atoms with Crippen LogP contribution in [0.3, 0.4) is 0 Å². The molecule has 0 saturated carbocycles. The number of carbonyl (C=O) groups is 2. The largest absolute Gasteiger partial charge is 0.467 e. The molecule has 2 fully saturated rings. The van der Waals surface area contributed by atoms with E-state index in [4.69, 9.17) is 33.3 Å². The zero-order valence-electron chi connectivity index (χ0n) is 20.4. The van der Waals surface area contributed by atoms with E-state index in [1.165, 1.54) is 14.0 Å². The Morgan fingerprint density at radius 2 is 1.72 bits per heavy atom. The van der Waals surface area contributed by atoms with Crippen LogP contribution in [-0.2, 0) is 49.5 Å². The average Bonchev–Trinajstić information content (AvgIpc) is 2.91. The maximum absolute atomic E-state index is 12.2. The zero-order chi connectivity index (χ0) is 25.5. The topological polar surface area (TPSA) is 111 Å². The molecule has 7 atom stereocenters. The van der Waals surface area contributed by atoms with Crippen molar-refractivity contribution in [3.05, 3.63) is 71.8 Å². The van der Waals surface area contributed by atoms with E-state index in [0.717, 1.165) is 11.1 Å². The molecule has 4 rings (SSSR count). The van der Waals surface area contributed by atoms with Gasteiger partial charge in [0.25, 0.3) is 0 Å². The summed E-state index contributed by atoms with van der Waals surface area (Å²) in [5.74, 6) is -0.988. The van der Waals surface area contributed by atoms with Crippen molar-refractivity contribution in [1.82, 2.24) is 5.48 Å². The monoisotopic (exact) mass is 501 g/mol. The summed E-state index contributed by atoms with van der Waals surface area (Å²) in [7, 11) is 1.28. The first kappa shape index (κ1) is 26.2. The molecule has 0 spiro atoms. The molecule has 2 heterocycles. The number of hydrogen-bond donors (Lipinski definition) is 1. The lowest BCUT2D eigenvalue weighted by Gasteiger charge is -2.48. The Labute approximate surface area is 209 Å². The Morgan fingerprint density at radius 3 is 2.39 bits per heavy atom. The van der Waals surface area contributed by atoms with Crippen LogP contribution in [0.5, 0.6) is 0 Å². The highest BCUT2D eigenvalue weighted by molar-refractivity contribution is 5.74. The SMILES string of the molecule is COC(=O)[C@@H](C)O[C@@H]1[C@@H](ONC(C)=O)[C@@H](OCc2ccccc2)O[C@@H]2COC(c3ccccc3)O[C@@H]12. The third-order valence-corrected chi connectivity index (χ3v) is 5.85. The molecule has 194 valence electrons. The van der Waals surface area contributed by atoms with Gasteiger partial charge in [-0.3, -0.25) is 9.63 Å². The molecule has 1 amide bonds. The molecule has 0 radical (unpaired) electrons. The van der Waals surface area contributed by atoms with Gasteiger partial charge >= 0.3 is 5.97 Å². The summed E-state index contributed by atoms with van der Waals surface area (Å²) in [6.45, 7) is 3.29. The number of esters is 1. The maximum atomic E-state index is 12.2. The van der Waals surface area contributed by atoms with E-state index in [-0.39, 0.29) is 13.2 Å². The summed E-state index contributed by atoms with van der Waals surface area (Å²) >= 11 is 0. The Bertz CT molecular complexity index is 989. The highest BCUT2D eigenvalue weighted by Gasteiger charge is 2.53. The van der Waals surface area contributed by atoms with Crippen LogP contribution in [0.2, 0.25) is 0 Å². The first-order chi connectivity index (χ1) is 17.5. The molecule has 2 aliphatic heterocycles. The fourth-order valence-corrected chi connectivity index (χ4v) is 4.10. The van der Waals surface area contributed by atoms with Gasteiger partial charge in [0.1, 0.15) is 18.3 Å². The predicted molar refractivity (Wildman–Crippen MR) is 125 cm³/mol. The number of ether oxygens (including phenoxy) is 6. The number of carbonyl (C=O) groups excluding carboxylic acids is 2. The first-order valence-corrected chi connectivity index (χ1v) is 11.7. The molecule has 2 aliphatic rings. The highest BCUT2D eigenvalue weighted by Crippen LogP contribution is 2.37. The second-order valence-electron chi connectivity index (χ2n) is 8.52. The van der Waals surface area contributed by atoms with E-state index in [9.17, 15) is 9.59 Å². The maximum Gasteiger partial charge on any atom is 0.334 e. The Kier molecular flexibility index (Phi) is 9.03. The third kappa shape index (κ3) is 6.47. The summed E-state index contributed by atoms with van der Waals surface area (Å²) in [5, 5.41) is 0. The van der Waals surface area contributed by atoms with Gasteiger partial charge in [-0.25, -0.2) is 10.3 Å². The number of fused-ring (bicyclic) bond motifs is 1. The van der Waals surface area contributed by atoms with Gasteiger partial charge in [0.15, 0.2) is 24.8 Å². The molecule has 2 aromatic carbocycles. The number of nitrogens with one attached hydrogen (secondary N) is 1. The molecule has 10 nitrogen and oxygen atoms in total. The smallest absolute Gasteiger partial charge is 0.334 e. The van der Waals surface area contributed by atoms with Crippen LogP contribution in [0.25, 0.3) is 0 Å². The third-order valence-electron chi connectivity index (χ3n) is 5.85. The predicted octanol–water partition coefficient (Wildman–Crippen LogP) is 2.43. The summed E-state index contributed by atoms with van der Waals surface area (Å²) in [5.41, 5.74) is 4.08. The fraction of sp³-hybridized carbons (Fsp3) is 0.462. The molecule has 1 N–H and O–H groups in total. The highest BCUT2D eigenvalue weighted by atomic mass is 16.8. The van der Waals surface area contributed by atoms with Gasteiger partial charge in [-0.15, -0.1) is 0 Å². The van der Waals surface area contributed by atoms with Crippen LogP contribution in [0.1, 0.15) is 31.3 Å². The van der Waals surface area contributed by atoms with E-state index in [2.05, 4.69) is 5.48 Å². The first-order valence-electron chi connectivity index (χ1n) is 11.7. The number of methoxy groups -OCH3 is 1. The van der Waals surface area contributed by atoms with E-state index in [1.807, 2.05) is 60.7 Å². The number of hydroxylamine groups is 1. The average molecular weight is 502 g/mol. The summed E-state index contributed by atoms with van der Waals surface area (Å²) in [6, 6.07) is 19.0. The van der Waals surface area contributed by atoms with Crippen LogP contribution < -0.4 is 5.48 Å². The minimum Gasteiger partial charge on any atom is -0.467 e. The van der Waals surface area contributed by atoms with Crippen molar-refractivity contribution < 1.29 is 42.8 Å². The number of rotatable bonds is 9. The molecule has 36 heavy (non-hydrogen) atoms. The van der Waals surface area contributed by atoms with Crippen LogP contribution in [-0.4, -0.2) is 62.4 Å². The van der Waals surface area contributed by atoms with E-state index in [1.54, 1.807) is 6.92 Å². The van der Waals surface area contributed by atoms with Crippen molar-refractivity contribution in [1.29, 1.82) is 0 Å². The normalized spacial score (nSPS) is 28.5. The van der Waals surface area contributed by atoms with Gasteiger partial charge in [-0.2, -0.15) is 0 Å². The van der Waals surface area contributed by atoms with Crippen LogP contribution in [0.15, 0.2) is 60.7 Å². The number of benzene rings is 2. The van der Waals surface area contributed by atoms with Crippen molar-refractivity contribution in [3.8, 4) is 0 Å². The Morgan fingerprint density at radius 1 is 1.03 bits per heavy atom. The molecule has 0 bridgehead atoms. The molecular weight excluding hydrogens is 470 g/mol. The van der Waals surface area contributed by atoms with Crippen molar-refractivity contribution in [2.24, 2.45) is 0 Å². The number of hydrogen-bond acceptors (Lipinski definition) is 9. The quantitative estimate of drug-likeness (QED) is 0.409. The van der Waals surface area contributed by atoms with Crippen LogP contribution in [0, 0.1) is 0 Å². The minimum absolute atomic E-state index is 0.189. The van der Waals surface area contributed by atoms with Crippen LogP contribution >= 0.6 is 0 Å². The molecule has 2 saturated heterocycles. The van der Waals surface area contributed by atoms with Gasteiger partial charge in [0.05, 0.1) is 20.3 Å². The van der Waals surface area contributed by atoms with Gasteiger partial charge in [-0.1, -0.05) is 60.7 Å². The minimum atomic E-state index is -0.972. The van der Waals surface area contributed by atoms with Crippen molar-refractivity contribution in [2.45, 2.75) is 63.6 Å². The standard InChI is InChI=1S/C26H31NO9/c1-16(24(29)30-3)33-22-21-20(15-32-25(35-21)19-12-8-5-9-13-19)34-26(23(22)36-27-17(2)28)31-14-18-10-6-4-7-11-18/h4-13,16,20-23,25-26H,14-15H2,1-3H3,(H,27,28)/t16-,20-,21-,22+,23-,25?,26+/m1/s1. The lowest BCUT2D eigenvalue weighted by atomic mass is 9.97. The second-order valence-corrected chi connectivity index (χ2v) is 8.52. The molecule has 2 aromatic rings. The summed E-state index contributed by atoms with van der Waals surface area (Å²) in [6.07, 6.45) is -5.73. The van der Waals surface area contributed by atoms with Crippen molar-refractivity contribution in [3.63, 3.8) is 0 Å². The van der Waals surface area contributed by atoms with E-state index >= 15 is 0 Å². The van der Waals surface area contributed by atoms with Crippen molar-refractivity contribution in [2.75, 3.05) is 13.7 Å². The van der Waals surface area contributed by atoms with Crippen molar-refractivity contribution >= 4 is 11.9 Å². The molecule has 0 aliphatic carbocycles. The summed E-state index contributed by atoms with van der Waals surface area (Å²) in [4.78, 5) is 29.6. The van der Waals surface area contributed by atoms with E-state index in [0.29, 0.717) is 0 Å². The van der Waals surface area contributed by atoms with Gasteiger partial charge in [-0.05, 0) is 12.5 Å². The molecule has 10 heteroatoms. The zero-order valence-corrected chi connectivity index (χ0v) is 20.4. The fourth-order valence-electron chi connectivity index (χ4n) is 4.10. The lowest BCUT2D eigenvalue weighted by molar-refractivity contribution is -0.377. The second kappa shape index (κ2) is 12.4. The number of amides is 1. The molecule has 0 aromatic heterocycles. The van der Waals surface area contributed by atoms with Gasteiger partial charge < -0.3 is 28.4 Å². The van der Waals surface area contributed by atoms with Gasteiger partial charge in [0, 0.05) is 12.5 Å². The molecular formula is C26H31NO9. The lowest BCUT2D eigenvalue weighted by Crippen LogP contribution is -2.65. The van der Waals surface area contributed by atoms with Crippen LogP contribution in [0.4, 0.5) is 0 Å². The van der Waals surface area contributed by atoms with Gasteiger partial charge in [0.2, 0.25) is 5.91 Å². The molecule has 1 unspecified atom stereocenters. The summed E-state index contributed by atoms with van der Waals surface area (Å²) < 4.78 is 35.5. The Balaban J connectivity index is 1.60.